The van der Waals surface area contributed by atoms with E-state index in [1.165, 1.54) is 23.5 Å². The van der Waals surface area contributed by atoms with Crippen LogP contribution < -0.4 is 4.74 Å². The van der Waals surface area contributed by atoms with Crippen LogP contribution in [-0.4, -0.2) is 11.2 Å². The second-order valence-electron chi connectivity index (χ2n) is 3.28. The Morgan fingerprint density at radius 1 is 1.33 bits per heavy atom. The van der Waals surface area contributed by atoms with Gasteiger partial charge < -0.3 is 4.74 Å². The number of ether oxygens (including phenoxy) is 1. The van der Waals surface area contributed by atoms with Gasteiger partial charge in [-0.1, -0.05) is 0 Å². The first kappa shape index (κ1) is 12.2. The van der Waals surface area contributed by atoms with Gasteiger partial charge in [0.1, 0.15) is 11.5 Å². The molecule has 0 aliphatic carbocycles. The standard InChI is InChI=1S/C11H6FNO4S/c12-10-4-7(1-2-11(10)13(15)16)17-8-3-9(5-14)18-6-8/h1-6H. The fourth-order valence-corrected chi connectivity index (χ4v) is 1.89. The van der Waals surface area contributed by atoms with Crippen molar-refractivity contribution in [3.05, 3.63) is 50.5 Å². The Balaban J connectivity index is 2.22. The molecule has 0 aliphatic rings. The van der Waals surface area contributed by atoms with E-state index in [-0.39, 0.29) is 5.75 Å². The molecule has 1 aromatic heterocycles. The minimum Gasteiger partial charge on any atom is -0.456 e. The molecule has 0 saturated carbocycles. The number of nitrogens with zero attached hydrogens (tertiary/aromatic N) is 1. The van der Waals surface area contributed by atoms with Gasteiger partial charge in [-0.2, -0.15) is 4.39 Å². The summed E-state index contributed by atoms with van der Waals surface area (Å²) in [5.41, 5.74) is -0.610. The first-order valence-electron chi connectivity index (χ1n) is 4.75. The molecule has 0 amide bonds. The van der Waals surface area contributed by atoms with Crippen LogP contribution in [0.15, 0.2) is 29.6 Å². The summed E-state index contributed by atoms with van der Waals surface area (Å²) in [6, 6.07) is 4.74. The Labute approximate surface area is 105 Å². The lowest BCUT2D eigenvalue weighted by Crippen LogP contribution is -1.92. The third-order valence-electron chi connectivity index (χ3n) is 2.06. The van der Waals surface area contributed by atoms with Crippen molar-refractivity contribution in [2.75, 3.05) is 0 Å². The fraction of sp³-hybridized carbons (Fsp3) is 0. The monoisotopic (exact) mass is 267 g/mol. The van der Waals surface area contributed by atoms with E-state index in [1.54, 1.807) is 5.38 Å². The quantitative estimate of drug-likeness (QED) is 0.483. The van der Waals surface area contributed by atoms with Crippen molar-refractivity contribution < 1.29 is 18.8 Å². The second kappa shape index (κ2) is 4.92. The number of thiophene rings is 1. The number of aldehydes is 1. The summed E-state index contributed by atoms with van der Waals surface area (Å²) in [6.07, 6.45) is 0.675. The van der Waals surface area contributed by atoms with E-state index in [4.69, 9.17) is 4.74 Å². The predicted molar refractivity (Wildman–Crippen MR) is 62.8 cm³/mol. The molecule has 92 valence electrons. The Morgan fingerprint density at radius 2 is 2.11 bits per heavy atom. The molecule has 0 spiro atoms. The largest absolute Gasteiger partial charge is 0.456 e. The summed E-state index contributed by atoms with van der Waals surface area (Å²) >= 11 is 1.19. The van der Waals surface area contributed by atoms with Crippen molar-refractivity contribution in [2.24, 2.45) is 0 Å². The number of nitro benzene ring substituents is 1. The lowest BCUT2D eigenvalue weighted by Gasteiger charge is -2.02. The number of hydrogen-bond acceptors (Lipinski definition) is 5. The number of nitro groups is 1. The van der Waals surface area contributed by atoms with Gasteiger partial charge in [0.15, 0.2) is 6.29 Å². The minimum absolute atomic E-state index is 0.133. The van der Waals surface area contributed by atoms with Crippen LogP contribution >= 0.6 is 11.3 Å². The van der Waals surface area contributed by atoms with E-state index in [9.17, 15) is 19.3 Å². The Hall–Kier alpha value is -2.28. The van der Waals surface area contributed by atoms with Gasteiger partial charge in [0, 0.05) is 23.6 Å². The van der Waals surface area contributed by atoms with Gasteiger partial charge in [0.25, 0.3) is 0 Å². The van der Waals surface area contributed by atoms with Crippen molar-refractivity contribution in [3.63, 3.8) is 0 Å². The first-order chi connectivity index (χ1) is 8.60. The van der Waals surface area contributed by atoms with Crippen molar-refractivity contribution in [2.45, 2.75) is 0 Å². The molecule has 0 fully saturated rings. The summed E-state index contributed by atoms with van der Waals surface area (Å²) in [4.78, 5) is 20.6. The molecule has 0 atom stereocenters. The topological polar surface area (TPSA) is 69.4 Å². The average molecular weight is 267 g/mol. The predicted octanol–water partition coefficient (Wildman–Crippen LogP) is 3.40. The van der Waals surface area contributed by atoms with E-state index >= 15 is 0 Å². The molecule has 0 aliphatic heterocycles. The van der Waals surface area contributed by atoms with Gasteiger partial charge in [-0.15, -0.1) is 11.3 Å². The van der Waals surface area contributed by atoms with Crippen LogP contribution in [-0.2, 0) is 0 Å². The van der Waals surface area contributed by atoms with Crippen LogP contribution in [0.25, 0.3) is 0 Å². The molecule has 7 heteroatoms. The highest BCUT2D eigenvalue weighted by Crippen LogP contribution is 2.29. The van der Waals surface area contributed by atoms with Crippen molar-refractivity contribution >= 4 is 23.3 Å². The molecule has 0 unspecified atom stereocenters. The van der Waals surface area contributed by atoms with Gasteiger partial charge in [0.05, 0.1) is 9.80 Å². The summed E-state index contributed by atoms with van der Waals surface area (Å²) in [6.45, 7) is 0. The average Bonchev–Trinajstić information content (AvgIpc) is 2.76. The molecule has 0 N–H and O–H groups in total. The minimum atomic E-state index is -0.969. The Kier molecular flexibility index (Phi) is 3.33. The molecule has 1 heterocycles. The lowest BCUT2D eigenvalue weighted by molar-refractivity contribution is -0.387. The Bertz CT molecular complexity index is 611. The van der Waals surface area contributed by atoms with Gasteiger partial charge in [-0.3, -0.25) is 14.9 Å². The van der Waals surface area contributed by atoms with Gasteiger partial charge in [-0.05, 0) is 6.07 Å². The molecular formula is C11H6FNO4S. The third-order valence-corrected chi connectivity index (χ3v) is 2.90. The molecule has 18 heavy (non-hydrogen) atoms. The van der Waals surface area contributed by atoms with Crippen LogP contribution in [0.2, 0.25) is 0 Å². The van der Waals surface area contributed by atoms with E-state index in [0.717, 1.165) is 12.1 Å². The molecule has 0 bridgehead atoms. The zero-order valence-electron chi connectivity index (χ0n) is 8.83. The molecular weight excluding hydrogens is 261 g/mol. The summed E-state index contributed by atoms with van der Waals surface area (Å²) in [5, 5.41) is 12.0. The maximum Gasteiger partial charge on any atom is 0.305 e. The Morgan fingerprint density at radius 3 is 2.67 bits per heavy atom. The molecule has 0 saturated heterocycles. The molecule has 2 aromatic rings. The van der Waals surface area contributed by atoms with E-state index in [0.29, 0.717) is 16.9 Å². The van der Waals surface area contributed by atoms with E-state index < -0.39 is 16.4 Å². The maximum absolute atomic E-state index is 13.3. The van der Waals surface area contributed by atoms with Crippen molar-refractivity contribution in [3.8, 4) is 11.5 Å². The number of benzene rings is 1. The summed E-state index contributed by atoms with van der Waals surface area (Å²) in [5.74, 6) is -0.452. The molecule has 1 aromatic carbocycles. The molecule has 0 radical (unpaired) electrons. The van der Waals surface area contributed by atoms with Crippen molar-refractivity contribution in [1.82, 2.24) is 0 Å². The first-order valence-corrected chi connectivity index (χ1v) is 5.63. The molecule has 2 rings (SSSR count). The highest BCUT2D eigenvalue weighted by Gasteiger charge is 2.14. The van der Waals surface area contributed by atoms with Crippen LogP contribution in [0.1, 0.15) is 9.67 Å². The number of rotatable bonds is 4. The van der Waals surface area contributed by atoms with E-state index in [1.807, 2.05) is 0 Å². The lowest BCUT2D eigenvalue weighted by atomic mass is 10.3. The highest BCUT2D eigenvalue weighted by atomic mass is 32.1. The van der Waals surface area contributed by atoms with Crippen molar-refractivity contribution in [1.29, 1.82) is 0 Å². The van der Waals surface area contributed by atoms with Gasteiger partial charge in [-0.25, -0.2) is 0 Å². The summed E-state index contributed by atoms with van der Waals surface area (Å²) in [7, 11) is 0. The van der Waals surface area contributed by atoms with E-state index in [2.05, 4.69) is 0 Å². The zero-order chi connectivity index (χ0) is 13.1. The number of carbonyl (C=O) groups is 1. The number of halogens is 1. The third kappa shape index (κ3) is 2.51. The van der Waals surface area contributed by atoms with Crippen LogP contribution in [0.5, 0.6) is 11.5 Å². The normalized spacial score (nSPS) is 10.1. The fourth-order valence-electron chi connectivity index (χ4n) is 1.28. The SMILES string of the molecule is O=Cc1cc(Oc2ccc([N+](=O)[O-])c(F)c2)cs1. The number of carbonyl (C=O) groups excluding carboxylic acids is 1. The molecule has 5 nitrogen and oxygen atoms in total. The highest BCUT2D eigenvalue weighted by molar-refractivity contribution is 7.11. The van der Waals surface area contributed by atoms with Crippen LogP contribution in [0.3, 0.4) is 0 Å². The van der Waals surface area contributed by atoms with Gasteiger partial charge >= 0.3 is 5.69 Å². The number of hydrogen-bond donors (Lipinski definition) is 0. The zero-order valence-corrected chi connectivity index (χ0v) is 9.65. The van der Waals surface area contributed by atoms with Crippen LogP contribution in [0, 0.1) is 15.9 Å². The second-order valence-corrected chi connectivity index (χ2v) is 4.22. The van der Waals surface area contributed by atoms with Crippen LogP contribution in [0.4, 0.5) is 10.1 Å². The van der Waals surface area contributed by atoms with Gasteiger partial charge in [0.2, 0.25) is 5.82 Å². The smallest absolute Gasteiger partial charge is 0.305 e. The maximum atomic E-state index is 13.3. The summed E-state index contributed by atoms with van der Waals surface area (Å²) < 4.78 is 18.6.